The molecule has 2 heterocycles. The van der Waals surface area contributed by atoms with Crippen LogP contribution in [0.25, 0.3) is 5.78 Å². The lowest BCUT2D eigenvalue weighted by Crippen LogP contribution is -1.92. The standard InChI is InChI=1S/C7H7N3O/c11-5-6-4-9-7-8-2-1-3-10(6)7/h1-4,11H,5H2. The highest BCUT2D eigenvalue weighted by Crippen LogP contribution is 2.01. The summed E-state index contributed by atoms with van der Waals surface area (Å²) in [6, 6.07) is 1.80. The lowest BCUT2D eigenvalue weighted by Gasteiger charge is -1.93. The van der Waals surface area contributed by atoms with Crippen LogP contribution in [0.2, 0.25) is 0 Å². The third kappa shape index (κ3) is 0.877. The molecule has 0 atom stereocenters. The van der Waals surface area contributed by atoms with Crippen molar-refractivity contribution in [2.75, 3.05) is 0 Å². The Labute approximate surface area is 63.1 Å². The number of aromatic nitrogens is 3. The van der Waals surface area contributed by atoms with Crippen LogP contribution in [-0.2, 0) is 6.61 Å². The maximum Gasteiger partial charge on any atom is 0.233 e. The van der Waals surface area contributed by atoms with E-state index in [0.29, 0.717) is 5.78 Å². The smallest absolute Gasteiger partial charge is 0.233 e. The normalized spacial score (nSPS) is 10.6. The van der Waals surface area contributed by atoms with Crippen LogP contribution in [0.4, 0.5) is 0 Å². The molecule has 1 N–H and O–H groups in total. The average molecular weight is 149 g/mol. The fourth-order valence-electron chi connectivity index (χ4n) is 0.994. The molecule has 56 valence electrons. The predicted molar refractivity (Wildman–Crippen MR) is 38.9 cm³/mol. The van der Waals surface area contributed by atoms with Gasteiger partial charge in [-0.2, -0.15) is 0 Å². The van der Waals surface area contributed by atoms with Gasteiger partial charge in [0.2, 0.25) is 5.78 Å². The van der Waals surface area contributed by atoms with Gasteiger partial charge in [0, 0.05) is 12.4 Å². The maximum absolute atomic E-state index is 8.84. The Kier molecular flexibility index (Phi) is 1.33. The Morgan fingerprint density at radius 3 is 3.18 bits per heavy atom. The zero-order valence-electron chi connectivity index (χ0n) is 5.81. The molecule has 2 aromatic heterocycles. The summed E-state index contributed by atoms with van der Waals surface area (Å²) in [7, 11) is 0. The molecule has 0 amide bonds. The monoisotopic (exact) mass is 149 g/mol. The van der Waals surface area contributed by atoms with Gasteiger partial charge in [-0.25, -0.2) is 9.97 Å². The molecule has 0 aliphatic heterocycles. The predicted octanol–water partition coefficient (Wildman–Crippen LogP) is 0.222. The summed E-state index contributed by atoms with van der Waals surface area (Å²) in [6.45, 7) is -0.00708. The van der Waals surface area contributed by atoms with Gasteiger partial charge in [-0.05, 0) is 6.07 Å². The van der Waals surface area contributed by atoms with Gasteiger partial charge in [0.05, 0.1) is 18.5 Å². The van der Waals surface area contributed by atoms with Crippen LogP contribution < -0.4 is 0 Å². The topological polar surface area (TPSA) is 50.4 Å². The highest BCUT2D eigenvalue weighted by atomic mass is 16.3. The first-order valence-corrected chi connectivity index (χ1v) is 3.29. The van der Waals surface area contributed by atoms with Crippen LogP contribution in [-0.4, -0.2) is 19.5 Å². The van der Waals surface area contributed by atoms with Crippen molar-refractivity contribution >= 4 is 5.78 Å². The van der Waals surface area contributed by atoms with Crippen molar-refractivity contribution in [3.05, 3.63) is 30.4 Å². The number of rotatable bonds is 1. The van der Waals surface area contributed by atoms with Crippen molar-refractivity contribution in [1.29, 1.82) is 0 Å². The van der Waals surface area contributed by atoms with Crippen molar-refractivity contribution in [2.45, 2.75) is 6.61 Å². The summed E-state index contributed by atoms with van der Waals surface area (Å²) in [6.07, 6.45) is 5.10. The fraction of sp³-hybridized carbons (Fsp3) is 0.143. The second-order valence-corrected chi connectivity index (χ2v) is 2.20. The third-order valence-corrected chi connectivity index (χ3v) is 1.53. The van der Waals surface area contributed by atoms with E-state index in [4.69, 9.17) is 5.11 Å². The molecular formula is C7H7N3O. The van der Waals surface area contributed by atoms with E-state index in [1.807, 2.05) is 6.20 Å². The van der Waals surface area contributed by atoms with E-state index in [1.165, 1.54) is 0 Å². The summed E-state index contributed by atoms with van der Waals surface area (Å²) in [5, 5.41) is 8.84. The molecule has 4 heteroatoms. The second-order valence-electron chi connectivity index (χ2n) is 2.20. The van der Waals surface area contributed by atoms with Gasteiger partial charge < -0.3 is 5.11 Å². The maximum atomic E-state index is 8.84. The molecule has 0 unspecified atom stereocenters. The minimum absolute atomic E-state index is 0.00708. The van der Waals surface area contributed by atoms with Gasteiger partial charge in [-0.3, -0.25) is 4.40 Å². The molecule has 2 aromatic rings. The first-order chi connectivity index (χ1) is 5.42. The Morgan fingerprint density at radius 2 is 2.36 bits per heavy atom. The summed E-state index contributed by atoms with van der Waals surface area (Å²) >= 11 is 0. The van der Waals surface area contributed by atoms with E-state index >= 15 is 0 Å². The highest BCUT2D eigenvalue weighted by molar-refractivity contribution is 5.29. The zero-order chi connectivity index (χ0) is 7.68. The van der Waals surface area contributed by atoms with E-state index in [2.05, 4.69) is 9.97 Å². The highest BCUT2D eigenvalue weighted by Gasteiger charge is 1.99. The van der Waals surface area contributed by atoms with Crippen molar-refractivity contribution in [2.24, 2.45) is 0 Å². The van der Waals surface area contributed by atoms with Crippen LogP contribution in [0.5, 0.6) is 0 Å². The summed E-state index contributed by atoms with van der Waals surface area (Å²) in [4.78, 5) is 7.97. The summed E-state index contributed by atoms with van der Waals surface area (Å²) in [5.41, 5.74) is 0.758. The van der Waals surface area contributed by atoms with E-state index < -0.39 is 0 Å². The van der Waals surface area contributed by atoms with Crippen LogP contribution in [0.1, 0.15) is 5.69 Å². The number of hydrogen-bond acceptors (Lipinski definition) is 3. The molecule has 0 fully saturated rings. The minimum Gasteiger partial charge on any atom is -0.390 e. The van der Waals surface area contributed by atoms with Crippen molar-refractivity contribution in [3.8, 4) is 0 Å². The fourth-order valence-corrected chi connectivity index (χ4v) is 0.994. The van der Waals surface area contributed by atoms with Gasteiger partial charge >= 0.3 is 0 Å². The average Bonchev–Trinajstić information content (AvgIpc) is 2.47. The lowest BCUT2D eigenvalue weighted by atomic mass is 10.5. The Hall–Kier alpha value is -1.42. The molecular weight excluding hydrogens is 142 g/mol. The number of hydrogen-bond donors (Lipinski definition) is 1. The molecule has 11 heavy (non-hydrogen) atoms. The Bertz CT molecular complexity index is 368. The van der Waals surface area contributed by atoms with Crippen LogP contribution in [0.15, 0.2) is 24.7 Å². The molecule has 2 rings (SSSR count). The van der Waals surface area contributed by atoms with Gasteiger partial charge in [-0.1, -0.05) is 0 Å². The summed E-state index contributed by atoms with van der Waals surface area (Å²) < 4.78 is 1.75. The van der Waals surface area contributed by atoms with Crippen LogP contribution in [0, 0.1) is 0 Å². The van der Waals surface area contributed by atoms with Crippen molar-refractivity contribution in [3.63, 3.8) is 0 Å². The zero-order valence-corrected chi connectivity index (χ0v) is 5.81. The SMILES string of the molecule is OCc1cnc2ncccn12. The number of fused-ring (bicyclic) bond motifs is 1. The molecule has 0 radical (unpaired) electrons. The number of aliphatic hydroxyl groups excluding tert-OH is 1. The van der Waals surface area contributed by atoms with E-state index in [9.17, 15) is 0 Å². The summed E-state index contributed by atoms with van der Waals surface area (Å²) in [5.74, 6) is 0.622. The molecule has 0 bridgehead atoms. The molecule has 4 nitrogen and oxygen atoms in total. The first kappa shape index (κ1) is 6.30. The molecule has 0 spiro atoms. The molecule has 0 aliphatic rings. The molecule has 0 aliphatic carbocycles. The van der Waals surface area contributed by atoms with Gasteiger partial charge in [0.25, 0.3) is 0 Å². The van der Waals surface area contributed by atoms with E-state index in [-0.39, 0.29) is 6.61 Å². The number of nitrogens with zero attached hydrogens (tertiary/aromatic N) is 3. The quantitative estimate of drug-likeness (QED) is 0.631. The second kappa shape index (κ2) is 2.32. The number of imidazole rings is 1. The molecule has 0 aromatic carbocycles. The number of aliphatic hydroxyl groups is 1. The minimum atomic E-state index is -0.00708. The van der Waals surface area contributed by atoms with Crippen molar-refractivity contribution in [1.82, 2.24) is 14.4 Å². The molecule has 0 saturated heterocycles. The van der Waals surface area contributed by atoms with Crippen molar-refractivity contribution < 1.29 is 5.11 Å². The van der Waals surface area contributed by atoms with E-state index in [0.717, 1.165) is 5.69 Å². The third-order valence-electron chi connectivity index (χ3n) is 1.53. The van der Waals surface area contributed by atoms with Gasteiger partial charge in [-0.15, -0.1) is 0 Å². The first-order valence-electron chi connectivity index (χ1n) is 3.29. The Morgan fingerprint density at radius 1 is 1.45 bits per heavy atom. The van der Waals surface area contributed by atoms with E-state index in [1.54, 1.807) is 22.9 Å². The Balaban J connectivity index is 2.76. The van der Waals surface area contributed by atoms with Gasteiger partial charge in [0.1, 0.15) is 0 Å². The molecule has 0 saturated carbocycles. The lowest BCUT2D eigenvalue weighted by molar-refractivity contribution is 0.275. The van der Waals surface area contributed by atoms with Crippen LogP contribution >= 0.6 is 0 Å². The van der Waals surface area contributed by atoms with Gasteiger partial charge in [0.15, 0.2) is 0 Å². The largest absolute Gasteiger partial charge is 0.390 e. The van der Waals surface area contributed by atoms with Crippen LogP contribution in [0.3, 0.4) is 0 Å².